The third-order valence-electron chi connectivity index (χ3n) is 2.50. The van der Waals surface area contributed by atoms with Gasteiger partial charge in [0.1, 0.15) is 0 Å². The standard InChI is InChI=1S/C12H14N2S/c1-9-11(4-7-15-9)12(13)8-10-2-5-14-6-3-10/h2-7,12H,8,13H2,1H3. The summed E-state index contributed by atoms with van der Waals surface area (Å²) in [6.07, 6.45) is 4.49. The number of pyridine rings is 1. The van der Waals surface area contributed by atoms with Crippen LogP contribution in [0.4, 0.5) is 0 Å². The summed E-state index contributed by atoms with van der Waals surface area (Å²) >= 11 is 1.75. The zero-order valence-corrected chi connectivity index (χ0v) is 9.50. The molecule has 0 amide bonds. The van der Waals surface area contributed by atoms with E-state index in [0.29, 0.717) is 0 Å². The predicted octanol–water partition coefficient (Wildman–Crippen LogP) is 2.69. The molecule has 2 nitrogen and oxygen atoms in total. The molecule has 0 aromatic carbocycles. The van der Waals surface area contributed by atoms with E-state index in [2.05, 4.69) is 23.4 Å². The molecule has 0 saturated heterocycles. The number of aryl methyl sites for hydroxylation is 1. The van der Waals surface area contributed by atoms with Gasteiger partial charge in [-0.15, -0.1) is 11.3 Å². The fourth-order valence-corrected chi connectivity index (χ4v) is 2.44. The Kier molecular flexibility index (Phi) is 3.14. The molecule has 0 aliphatic heterocycles. The summed E-state index contributed by atoms with van der Waals surface area (Å²) in [6.45, 7) is 2.12. The third kappa shape index (κ3) is 2.43. The second-order valence-corrected chi connectivity index (χ2v) is 4.72. The molecule has 2 heterocycles. The molecule has 1 unspecified atom stereocenters. The van der Waals surface area contributed by atoms with E-state index in [1.807, 2.05) is 24.5 Å². The van der Waals surface area contributed by atoms with Gasteiger partial charge in [-0.1, -0.05) is 0 Å². The van der Waals surface area contributed by atoms with E-state index in [9.17, 15) is 0 Å². The van der Waals surface area contributed by atoms with Crippen LogP contribution in [-0.4, -0.2) is 4.98 Å². The summed E-state index contributed by atoms with van der Waals surface area (Å²) in [5, 5.41) is 2.09. The maximum Gasteiger partial charge on any atom is 0.0346 e. The summed E-state index contributed by atoms with van der Waals surface area (Å²) in [4.78, 5) is 5.31. The van der Waals surface area contributed by atoms with Gasteiger partial charge in [-0.3, -0.25) is 4.98 Å². The van der Waals surface area contributed by atoms with Gasteiger partial charge in [-0.2, -0.15) is 0 Å². The second-order valence-electron chi connectivity index (χ2n) is 3.60. The minimum absolute atomic E-state index is 0.0960. The highest BCUT2D eigenvalue weighted by Crippen LogP contribution is 2.23. The molecule has 0 radical (unpaired) electrons. The summed E-state index contributed by atoms with van der Waals surface area (Å²) in [5.41, 5.74) is 8.66. The number of hydrogen-bond acceptors (Lipinski definition) is 3. The monoisotopic (exact) mass is 218 g/mol. The number of rotatable bonds is 3. The van der Waals surface area contributed by atoms with Crippen molar-refractivity contribution in [1.29, 1.82) is 0 Å². The molecule has 0 bridgehead atoms. The number of thiophene rings is 1. The molecule has 0 aliphatic carbocycles. The van der Waals surface area contributed by atoms with E-state index in [0.717, 1.165) is 6.42 Å². The first-order chi connectivity index (χ1) is 7.27. The summed E-state index contributed by atoms with van der Waals surface area (Å²) < 4.78 is 0. The lowest BCUT2D eigenvalue weighted by Crippen LogP contribution is -2.13. The molecular formula is C12H14N2S. The first-order valence-corrected chi connectivity index (χ1v) is 5.84. The minimum Gasteiger partial charge on any atom is -0.324 e. The maximum atomic E-state index is 6.16. The summed E-state index contributed by atoms with van der Waals surface area (Å²) in [6, 6.07) is 6.24. The maximum absolute atomic E-state index is 6.16. The summed E-state index contributed by atoms with van der Waals surface area (Å²) in [7, 11) is 0. The first-order valence-electron chi connectivity index (χ1n) is 4.96. The van der Waals surface area contributed by atoms with Crippen molar-refractivity contribution in [3.63, 3.8) is 0 Å². The average molecular weight is 218 g/mol. The van der Waals surface area contributed by atoms with Crippen LogP contribution in [-0.2, 0) is 6.42 Å². The zero-order chi connectivity index (χ0) is 10.7. The molecule has 78 valence electrons. The molecule has 2 rings (SSSR count). The molecule has 15 heavy (non-hydrogen) atoms. The number of nitrogens with two attached hydrogens (primary N) is 1. The van der Waals surface area contributed by atoms with Gasteiger partial charge >= 0.3 is 0 Å². The van der Waals surface area contributed by atoms with Crippen LogP contribution in [0.5, 0.6) is 0 Å². The van der Waals surface area contributed by atoms with E-state index < -0.39 is 0 Å². The van der Waals surface area contributed by atoms with Crippen molar-refractivity contribution in [2.24, 2.45) is 5.73 Å². The number of aromatic nitrogens is 1. The lowest BCUT2D eigenvalue weighted by atomic mass is 10.0. The third-order valence-corrected chi connectivity index (χ3v) is 3.36. The zero-order valence-electron chi connectivity index (χ0n) is 8.68. The van der Waals surface area contributed by atoms with Gasteiger partial charge in [0.2, 0.25) is 0 Å². The Morgan fingerprint density at radius 2 is 2.07 bits per heavy atom. The fourth-order valence-electron chi connectivity index (χ4n) is 1.66. The van der Waals surface area contributed by atoms with Gasteiger partial charge in [-0.05, 0) is 48.1 Å². The van der Waals surface area contributed by atoms with Crippen molar-refractivity contribution < 1.29 is 0 Å². The van der Waals surface area contributed by atoms with Gasteiger partial charge < -0.3 is 5.73 Å². The van der Waals surface area contributed by atoms with Crippen molar-refractivity contribution >= 4 is 11.3 Å². The van der Waals surface area contributed by atoms with Crippen LogP contribution in [0, 0.1) is 6.92 Å². The van der Waals surface area contributed by atoms with Crippen molar-refractivity contribution in [3.8, 4) is 0 Å². The van der Waals surface area contributed by atoms with Gasteiger partial charge in [0.05, 0.1) is 0 Å². The molecule has 3 heteroatoms. The Morgan fingerprint density at radius 3 is 2.67 bits per heavy atom. The van der Waals surface area contributed by atoms with Crippen LogP contribution >= 0.6 is 11.3 Å². The Labute approximate surface area is 93.8 Å². The van der Waals surface area contributed by atoms with Crippen LogP contribution in [0.2, 0.25) is 0 Å². The number of hydrogen-bond donors (Lipinski definition) is 1. The molecule has 2 N–H and O–H groups in total. The van der Waals surface area contributed by atoms with Crippen LogP contribution in [0.1, 0.15) is 22.0 Å². The molecule has 1 atom stereocenters. The SMILES string of the molecule is Cc1sccc1C(N)Cc1ccncc1. The second kappa shape index (κ2) is 4.55. The lowest BCUT2D eigenvalue weighted by Gasteiger charge is -2.11. The highest BCUT2D eigenvalue weighted by atomic mass is 32.1. The fraction of sp³-hybridized carbons (Fsp3) is 0.250. The highest BCUT2D eigenvalue weighted by Gasteiger charge is 2.10. The highest BCUT2D eigenvalue weighted by molar-refractivity contribution is 7.10. The van der Waals surface area contributed by atoms with Crippen molar-refractivity contribution in [1.82, 2.24) is 4.98 Å². The van der Waals surface area contributed by atoms with Crippen LogP contribution in [0.25, 0.3) is 0 Å². The predicted molar refractivity (Wildman–Crippen MR) is 63.9 cm³/mol. The van der Waals surface area contributed by atoms with E-state index >= 15 is 0 Å². The molecule has 2 aromatic heterocycles. The average Bonchev–Trinajstić information content (AvgIpc) is 2.66. The van der Waals surface area contributed by atoms with Crippen LogP contribution < -0.4 is 5.73 Å². The largest absolute Gasteiger partial charge is 0.324 e. The minimum atomic E-state index is 0.0960. The molecule has 0 fully saturated rings. The van der Waals surface area contributed by atoms with Crippen LogP contribution in [0.15, 0.2) is 36.0 Å². The van der Waals surface area contributed by atoms with Crippen molar-refractivity contribution in [2.75, 3.05) is 0 Å². The number of nitrogens with zero attached hydrogens (tertiary/aromatic N) is 1. The topological polar surface area (TPSA) is 38.9 Å². The van der Waals surface area contributed by atoms with Crippen molar-refractivity contribution in [3.05, 3.63) is 52.0 Å². The van der Waals surface area contributed by atoms with Gasteiger partial charge in [0, 0.05) is 23.3 Å². The molecule has 0 aliphatic rings. The van der Waals surface area contributed by atoms with Gasteiger partial charge in [0.25, 0.3) is 0 Å². The van der Waals surface area contributed by atoms with Crippen molar-refractivity contribution in [2.45, 2.75) is 19.4 Å². The van der Waals surface area contributed by atoms with E-state index in [1.54, 1.807) is 11.3 Å². The Balaban J connectivity index is 2.11. The Hall–Kier alpha value is -1.19. The Bertz CT molecular complexity index is 422. The van der Waals surface area contributed by atoms with E-state index in [-0.39, 0.29) is 6.04 Å². The van der Waals surface area contributed by atoms with Gasteiger partial charge in [-0.25, -0.2) is 0 Å². The smallest absolute Gasteiger partial charge is 0.0346 e. The summed E-state index contributed by atoms with van der Waals surface area (Å²) in [5.74, 6) is 0. The lowest BCUT2D eigenvalue weighted by molar-refractivity contribution is 0.720. The molecular weight excluding hydrogens is 204 g/mol. The first kappa shape index (κ1) is 10.3. The molecule has 2 aromatic rings. The van der Waals surface area contributed by atoms with Gasteiger partial charge in [0.15, 0.2) is 0 Å². The Morgan fingerprint density at radius 1 is 1.33 bits per heavy atom. The van der Waals surface area contributed by atoms with Crippen LogP contribution in [0.3, 0.4) is 0 Å². The van der Waals surface area contributed by atoms with E-state index in [4.69, 9.17) is 5.73 Å². The quantitative estimate of drug-likeness (QED) is 0.860. The van der Waals surface area contributed by atoms with E-state index in [1.165, 1.54) is 16.0 Å². The molecule has 0 saturated carbocycles. The normalized spacial score (nSPS) is 12.7. The molecule has 0 spiro atoms.